The van der Waals surface area contributed by atoms with E-state index in [-0.39, 0.29) is 6.09 Å². The van der Waals surface area contributed by atoms with E-state index in [0.717, 1.165) is 32.5 Å². The number of piperidine rings is 1. The van der Waals surface area contributed by atoms with E-state index in [1.807, 2.05) is 6.92 Å². The molecule has 0 aromatic heterocycles. The van der Waals surface area contributed by atoms with Crippen LogP contribution in [0.25, 0.3) is 0 Å². The van der Waals surface area contributed by atoms with Crippen LogP contribution < -0.4 is 5.32 Å². The number of halogens is 1. The molecule has 0 bridgehead atoms. The summed E-state index contributed by atoms with van der Waals surface area (Å²) in [5, 5.41) is 2.77. The van der Waals surface area contributed by atoms with Crippen LogP contribution in [-0.2, 0) is 4.74 Å². The Labute approximate surface area is 93.3 Å². The Morgan fingerprint density at radius 1 is 1.57 bits per heavy atom. The van der Waals surface area contributed by atoms with Crippen molar-refractivity contribution in [3.05, 3.63) is 0 Å². The van der Waals surface area contributed by atoms with Crippen LogP contribution in [-0.4, -0.2) is 36.3 Å². The number of nitrogens with one attached hydrogen (secondary N) is 1. The van der Waals surface area contributed by atoms with Gasteiger partial charge in [0.05, 0.1) is 6.61 Å². The lowest BCUT2D eigenvalue weighted by atomic mass is 9.98. The quantitative estimate of drug-likeness (QED) is 0.790. The second-order valence-electron chi connectivity index (χ2n) is 3.45. The summed E-state index contributed by atoms with van der Waals surface area (Å²) in [7, 11) is 0. The van der Waals surface area contributed by atoms with Crippen molar-refractivity contribution in [1.82, 2.24) is 9.24 Å². The molecule has 5 heteroatoms. The Balaban J connectivity index is 2.09. The van der Waals surface area contributed by atoms with Gasteiger partial charge in [-0.05, 0) is 25.7 Å². The lowest BCUT2D eigenvalue weighted by Gasteiger charge is -2.27. The lowest BCUT2D eigenvalue weighted by Crippen LogP contribution is -2.35. The van der Waals surface area contributed by atoms with Gasteiger partial charge in [0.1, 0.15) is 0 Å². The standard InChI is InChI=1S/C9H17BrN2O2/c1-2-14-9(13)11-7-8-3-5-12(10)6-4-8/h8H,2-7H2,1H3,(H,11,13). The maximum Gasteiger partial charge on any atom is 0.407 e. The Bertz CT molecular complexity index is 182. The average Bonchev–Trinajstić information content (AvgIpc) is 2.17. The minimum Gasteiger partial charge on any atom is -0.450 e. The van der Waals surface area contributed by atoms with Crippen LogP contribution in [0.3, 0.4) is 0 Å². The van der Waals surface area contributed by atoms with Crippen molar-refractivity contribution in [3.8, 4) is 0 Å². The van der Waals surface area contributed by atoms with Gasteiger partial charge < -0.3 is 10.1 Å². The van der Waals surface area contributed by atoms with E-state index in [1.54, 1.807) is 0 Å². The average molecular weight is 265 g/mol. The molecular formula is C9H17BrN2O2. The fourth-order valence-corrected chi connectivity index (χ4v) is 1.92. The molecule has 82 valence electrons. The Kier molecular flexibility index (Phi) is 5.25. The molecule has 0 saturated carbocycles. The molecule has 1 saturated heterocycles. The first-order chi connectivity index (χ1) is 6.72. The van der Waals surface area contributed by atoms with Crippen LogP contribution in [0, 0.1) is 5.92 Å². The van der Waals surface area contributed by atoms with Gasteiger partial charge in [0, 0.05) is 35.8 Å². The van der Waals surface area contributed by atoms with Gasteiger partial charge in [-0.15, -0.1) is 0 Å². The predicted octanol–water partition coefficient (Wildman–Crippen LogP) is 1.75. The summed E-state index contributed by atoms with van der Waals surface area (Å²) in [6.45, 7) is 5.08. The third-order valence-corrected chi connectivity index (χ3v) is 3.08. The van der Waals surface area contributed by atoms with Gasteiger partial charge in [-0.25, -0.2) is 8.72 Å². The van der Waals surface area contributed by atoms with E-state index >= 15 is 0 Å². The number of carbonyl (C=O) groups is 1. The van der Waals surface area contributed by atoms with Crippen molar-refractivity contribution >= 4 is 22.2 Å². The predicted molar refractivity (Wildman–Crippen MR) is 58.2 cm³/mol. The second kappa shape index (κ2) is 6.24. The van der Waals surface area contributed by atoms with E-state index in [2.05, 4.69) is 25.4 Å². The van der Waals surface area contributed by atoms with Crippen molar-refractivity contribution in [2.45, 2.75) is 19.8 Å². The summed E-state index contributed by atoms with van der Waals surface area (Å²) in [4.78, 5) is 11.0. The molecule has 1 aliphatic rings. The Morgan fingerprint density at radius 2 is 2.21 bits per heavy atom. The van der Waals surface area contributed by atoms with E-state index < -0.39 is 0 Å². The first-order valence-electron chi connectivity index (χ1n) is 5.03. The first kappa shape index (κ1) is 11.8. The van der Waals surface area contributed by atoms with Crippen molar-refractivity contribution in [2.24, 2.45) is 5.92 Å². The third kappa shape index (κ3) is 4.28. The fraction of sp³-hybridized carbons (Fsp3) is 0.889. The van der Waals surface area contributed by atoms with E-state index in [4.69, 9.17) is 4.74 Å². The summed E-state index contributed by atoms with van der Waals surface area (Å²) in [6, 6.07) is 0. The molecule has 14 heavy (non-hydrogen) atoms. The second-order valence-corrected chi connectivity index (χ2v) is 4.46. The number of nitrogens with zero attached hydrogens (tertiary/aromatic N) is 1. The molecular weight excluding hydrogens is 248 g/mol. The molecule has 0 spiro atoms. The topological polar surface area (TPSA) is 41.6 Å². The third-order valence-electron chi connectivity index (χ3n) is 2.37. The van der Waals surface area contributed by atoms with Crippen LogP contribution in [0.15, 0.2) is 0 Å². The zero-order valence-electron chi connectivity index (χ0n) is 8.46. The smallest absolute Gasteiger partial charge is 0.407 e. The Morgan fingerprint density at radius 3 is 2.79 bits per heavy atom. The molecule has 0 radical (unpaired) electrons. The molecule has 1 N–H and O–H groups in total. The van der Waals surface area contributed by atoms with Crippen molar-refractivity contribution in [1.29, 1.82) is 0 Å². The fourth-order valence-electron chi connectivity index (χ4n) is 1.52. The van der Waals surface area contributed by atoms with E-state index in [9.17, 15) is 4.79 Å². The highest BCUT2D eigenvalue weighted by atomic mass is 79.9. The van der Waals surface area contributed by atoms with E-state index in [1.165, 1.54) is 0 Å². The number of ether oxygens (including phenoxy) is 1. The molecule has 0 unspecified atom stereocenters. The number of alkyl carbamates (subject to hydrolysis) is 1. The van der Waals surface area contributed by atoms with Gasteiger partial charge in [-0.1, -0.05) is 0 Å². The monoisotopic (exact) mass is 264 g/mol. The minimum absolute atomic E-state index is 0.297. The zero-order chi connectivity index (χ0) is 10.4. The molecule has 1 heterocycles. The summed E-state index contributed by atoms with van der Waals surface area (Å²) < 4.78 is 6.92. The minimum atomic E-state index is -0.297. The lowest BCUT2D eigenvalue weighted by molar-refractivity contribution is 0.148. The van der Waals surface area contributed by atoms with Crippen molar-refractivity contribution in [2.75, 3.05) is 26.2 Å². The van der Waals surface area contributed by atoms with Crippen LogP contribution in [0.4, 0.5) is 4.79 Å². The molecule has 1 amide bonds. The molecule has 1 aliphatic heterocycles. The molecule has 0 aromatic rings. The molecule has 1 fully saturated rings. The number of hydrogen-bond donors (Lipinski definition) is 1. The van der Waals surface area contributed by atoms with Gasteiger partial charge >= 0.3 is 6.09 Å². The number of rotatable bonds is 3. The summed E-state index contributed by atoms with van der Waals surface area (Å²) >= 11 is 3.44. The molecule has 0 aromatic carbocycles. The van der Waals surface area contributed by atoms with Gasteiger partial charge in [0.25, 0.3) is 0 Å². The summed E-state index contributed by atoms with van der Waals surface area (Å²) in [5.41, 5.74) is 0. The molecule has 0 atom stereocenters. The Hall–Kier alpha value is -0.290. The molecule has 1 rings (SSSR count). The van der Waals surface area contributed by atoms with Crippen LogP contribution >= 0.6 is 16.1 Å². The van der Waals surface area contributed by atoms with Crippen LogP contribution in [0.2, 0.25) is 0 Å². The van der Waals surface area contributed by atoms with Crippen LogP contribution in [0.1, 0.15) is 19.8 Å². The highest BCUT2D eigenvalue weighted by Crippen LogP contribution is 2.18. The molecule has 0 aliphatic carbocycles. The molecule has 4 nitrogen and oxygen atoms in total. The van der Waals surface area contributed by atoms with Crippen LogP contribution in [0.5, 0.6) is 0 Å². The highest BCUT2D eigenvalue weighted by molar-refractivity contribution is 9.07. The largest absolute Gasteiger partial charge is 0.450 e. The van der Waals surface area contributed by atoms with Gasteiger partial charge in [-0.2, -0.15) is 0 Å². The SMILES string of the molecule is CCOC(=O)NCC1CCN(Br)CC1. The highest BCUT2D eigenvalue weighted by Gasteiger charge is 2.17. The van der Waals surface area contributed by atoms with Gasteiger partial charge in [0.2, 0.25) is 0 Å². The number of carbonyl (C=O) groups excluding carboxylic acids is 1. The van der Waals surface area contributed by atoms with Crippen molar-refractivity contribution < 1.29 is 9.53 Å². The summed E-state index contributed by atoms with van der Waals surface area (Å²) in [5.74, 6) is 0.591. The van der Waals surface area contributed by atoms with Gasteiger partial charge in [0.15, 0.2) is 0 Å². The van der Waals surface area contributed by atoms with Crippen molar-refractivity contribution in [3.63, 3.8) is 0 Å². The maximum atomic E-state index is 11.0. The normalized spacial score (nSPS) is 19.3. The van der Waals surface area contributed by atoms with E-state index in [0.29, 0.717) is 12.5 Å². The number of amides is 1. The van der Waals surface area contributed by atoms with Gasteiger partial charge in [-0.3, -0.25) is 0 Å². The summed E-state index contributed by atoms with van der Waals surface area (Å²) in [6.07, 6.45) is 1.95. The first-order valence-corrected chi connectivity index (χ1v) is 5.74. The zero-order valence-corrected chi connectivity index (χ0v) is 10.0. The maximum absolute atomic E-state index is 11.0. The number of hydrogen-bond acceptors (Lipinski definition) is 3.